The van der Waals surface area contributed by atoms with E-state index in [1.807, 2.05) is 18.2 Å². The molecule has 0 unspecified atom stereocenters. The van der Waals surface area contributed by atoms with Crippen molar-refractivity contribution in [3.63, 3.8) is 0 Å². The van der Waals surface area contributed by atoms with Crippen molar-refractivity contribution in [3.8, 4) is 22.8 Å². The van der Waals surface area contributed by atoms with Crippen molar-refractivity contribution in [2.24, 2.45) is 0 Å². The molecule has 0 amide bonds. The second kappa shape index (κ2) is 4.13. The molecule has 20 heavy (non-hydrogen) atoms. The third kappa shape index (κ3) is 1.73. The van der Waals surface area contributed by atoms with E-state index in [4.69, 9.17) is 4.42 Å². The molecule has 4 rings (SSSR count). The van der Waals surface area contributed by atoms with Gasteiger partial charge in [0.2, 0.25) is 5.82 Å². The van der Waals surface area contributed by atoms with Crippen LogP contribution in [0.25, 0.3) is 33.9 Å². The molecule has 4 nitrogen and oxygen atoms in total. The van der Waals surface area contributed by atoms with Crippen LogP contribution in [0, 0.1) is 6.92 Å². The van der Waals surface area contributed by atoms with Crippen molar-refractivity contribution >= 4 is 11.1 Å². The van der Waals surface area contributed by atoms with Gasteiger partial charge in [0.15, 0.2) is 5.58 Å². The number of hydrogen-bond acceptors (Lipinski definition) is 4. The van der Waals surface area contributed by atoms with Gasteiger partial charge >= 0.3 is 0 Å². The molecular weight excluding hydrogens is 250 g/mol. The predicted molar refractivity (Wildman–Crippen MR) is 76.4 cm³/mol. The molecule has 2 heterocycles. The molecule has 0 aromatic heterocycles. The van der Waals surface area contributed by atoms with E-state index in [-0.39, 0.29) is 0 Å². The van der Waals surface area contributed by atoms with Crippen LogP contribution in [0.3, 0.4) is 0 Å². The van der Waals surface area contributed by atoms with Crippen molar-refractivity contribution in [2.75, 3.05) is 0 Å². The first kappa shape index (κ1) is 11.1. The zero-order valence-corrected chi connectivity index (χ0v) is 10.9. The number of benzene rings is 2. The highest BCUT2D eigenvalue weighted by atomic mass is 16.3. The first-order valence-corrected chi connectivity index (χ1v) is 6.38. The minimum atomic E-state index is 0.471. The molecule has 0 saturated heterocycles. The largest absolute Gasteiger partial charge is 0.433 e. The summed E-state index contributed by atoms with van der Waals surface area (Å²) in [5.41, 5.74) is 5.00. The van der Waals surface area contributed by atoms with E-state index >= 15 is 0 Å². The molecule has 0 radical (unpaired) electrons. The summed E-state index contributed by atoms with van der Waals surface area (Å²) >= 11 is 0. The lowest BCUT2D eigenvalue weighted by Crippen LogP contribution is -1.88. The zero-order valence-electron chi connectivity index (χ0n) is 10.9. The van der Waals surface area contributed by atoms with Crippen molar-refractivity contribution in [3.05, 3.63) is 54.4 Å². The Bertz CT molecular complexity index is 865. The van der Waals surface area contributed by atoms with Gasteiger partial charge in [0.05, 0.1) is 0 Å². The SMILES string of the molecule is Cc1ccc(-c2ccc3nc4ncnc-4oc3c2)cc1. The quantitative estimate of drug-likeness (QED) is 0.524. The third-order valence-electron chi connectivity index (χ3n) is 3.32. The van der Waals surface area contributed by atoms with Gasteiger partial charge in [-0.3, -0.25) is 0 Å². The molecule has 0 bridgehead atoms. The molecule has 0 N–H and O–H groups in total. The molecule has 96 valence electrons. The molecule has 2 aliphatic rings. The first-order valence-electron chi connectivity index (χ1n) is 6.38. The molecular formula is C16H11N3O. The number of rotatable bonds is 1. The Hall–Kier alpha value is -2.75. The summed E-state index contributed by atoms with van der Waals surface area (Å²) in [4.78, 5) is 12.5. The van der Waals surface area contributed by atoms with Crippen LogP contribution in [-0.2, 0) is 0 Å². The number of nitrogens with zero attached hydrogens (tertiary/aromatic N) is 3. The van der Waals surface area contributed by atoms with E-state index < -0.39 is 0 Å². The van der Waals surface area contributed by atoms with E-state index in [1.165, 1.54) is 11.9 Å². The summed E-state index contributed by atoms with van der Waals surface area (Å²) in [5, 5.41) is 0. The van der Waals surface area contributed by atoms with Crippen LogP contribution in [0.15, 0.2) is 53.2 Å². The van der Waals surface area contributed by atoms with Crippen LogP contribution in [0.2, 0.25) is 0 Å². The molecule has 2 aromatic carbocycles. The van der Waals surface area contributed by atoms with Crippen molar-refractivity contribution in [1.29, 1.82) is 0 Å². The first-order chi connectivity index (χ1) is 9.79. The Morgan fingerprint density at radius 3 is 2.55 bits per heavy atom. The highest BCUT2D eigenvalue weighted by Crippen LogP contribution is 2.27. The highest BCUT2D eigenvalue weighted by molar-refractivity contribution is 5.81. The maximum absolute atomic E-state index is 5.74. The third-order valence-corrected chi connectivity index (χ3v) is 3.32. The molecule has 0 spiro atoms. The van der Waals surface area contributed by atoms with Crippen LogP contribution in [0.5, 0.6) is 0 Å². The van der Waals surface area contributed by atoms with E-state index in [9.17, 15) is 0 Å². The van der Waals surface area contributed by atoms with Gasteiger partial charge in [-0.25, -0.2) is 9.97 Å². The Labute approximate surface area is 115 Å². The van der Waals surface area contributed by atoms with E-state index in [2.05, 4.69) is 46.1 Å². The average molecular weight is 261 g/mol. The fourth-order valence-electron chi connectivity index (χ4n) is 2.23. The highest BCUT2D eigenvalue weighted by Gasteiger charge is 2.12. The van der Waals surface area contributed by atoms with Gasteiger partial charge in [0, 0.05) is 0 Å². The lowest BCUT2D eigenvalue weighted by Gasteiger charge is -2.05. The van der Waals surface area contributed by atoms with Gasteiger partial charge in [-0.05, 0) is 30.2 Å². The lowest BCUT2D eigenvalue weighted by molar-refractivity contribution is 0.596. The van der Waals surface area contributed by atoms with Gasteiger partial charge < -0.3 is 4.42 Å². The van der Waals surface area contributed by atoms with E-state index in [0.29, 0.717) is 11.7 Å². The monoisotopic (exact) mass is 261 g/mol. The zero-order chi connectivity index (χ0) is 13.5. The Kier molecular flexibility index (Phi) is 2.29. The maximum atomic E-state index is 5.74. The number of fused-ring (bicyclic) bond motifs is 2. The fourth-order valence-corrected chi connectivity index (χ4v) is 2.23. The summed E-state index contributed by atoms with van der Waals surface area (Å²) in [6, 6.07) is 14.4. The van der Waals surface area contributed by atoms with Gasteiger partial charge in [0.1, 0.15) is 11.8 Å². The van der Waals surface area contributed by atoms with Crippen molar-refractivity contribution < 1.29 is 4.42 Å². The van der Waals surface area contributed by atoms with Gasteiger partial charge in [-0.1, -0.05) is 35.9 Å². The van der Waals surface area contributed by atoms with E-state index in [0.717, 1.165) is 22.2 Å². The summed E-state index contributed by atoms with van der Waals surface area (Å²) < 4.78 is 5.74. The van der Waals surface area contributed by atoms with Crippen molar-refractivity contribution in [1.82, 2.24) is 15.0 Å². The number of hydrogen-bond donors (Lipinski definition) is 0. The smallest absolute Gasteiger partial charge is 0.266 e. The van der Waals surface area contributed by atoms with E-state index in [1.54, 1.807) is 0 Å². The van der Waals surface area contributed by atoms with Crippen LogP contribution < -0.4 is 0 Å². The molecule has 2 aromatic rings. The molecule has 0 aliphatic carbocycles. The Balaban J connectivity index is 1.91. The van der Waals surface area contributed by atoms with Gasteiger partial charge in [-0.15, -0.1) is 0 Å². The number of aryl methyl sites for hydroxylation is 1. The van der Waals surface area contributed by atoms with Crippen LogP contribution in [0.4, 0.5) is 0 Å². The minimum absolute atomic E-state index is 0.471. The molecule has 0 atom stereocenters. The van der Waals surface area contributed by atoms with Crippen LogP contribution >= 0.6 is 0 Å². The average Bonchev–Trinajstić information content (AvgIpc) is 2.92. The Morgan fingerprint density at radius 1 is 0.900 bits per heavy atom. The number of imidazole rings is 1. The predicted octanol–water partition coefficient (Wildman–Crippen LogP) is 3.70. The molecule has 2 aliphatic heterocycles. The summed E-state index contributed by atoms with van der Waals surface area (Å²) in [7, 11) is 0. The number of aromatic nitrogens is 3. The second-order valence-electron chi connectivity index (χ2n) is 4.76. The summed E-state index contributed by atoms with van der Waals surface area (Å²) in [6.07, 6.45) is 1.46. The van der Waals surface area contributed by atoms with Crippen molar-refractivity contribution in [2.45, 2.75) is 6.92 Å². The van der Waals surface area contributed by atoms with Crippen LogP contribution in [0.1, 0.15) is 5.56 Å². The van der Waals surface area contributed by atoms with Gasteiger partial charge in [0.25, 0.3) is 5.89 Å². The standard InChI is InChI=1S/C16H11N3O/c1-10-2-4-11(5-3-10)12-6-7-13-14(8-12)20-16-15(19-13)17-9-18-16/h2-9H,1H3. The summed E-state index contributed by atoms with van der Waals surface area (Å²) in [5.74, 6) is 1.01. The maximum Gasteiger partial charge on any atom is 0.266 e. The summed E-state index contributed by atoms with van der Waals surface area (Å²) in [6.45, 7) is 2.08. The molecule has 0 fully saturated rings. The topological polar surface area (TPSA) is 51.8 Å². The van der Waals surface area contributed by atoms with Gasteiger partial charge in [-0.2, -0.15) is 4.98 Å². The second-order valence-corrected chi connectivity index (χ2v) is 4.76. The molecule has 4 heteroatoms. The lowest BCUT2D eigenvalue weighted by atomic mass is 10.0. The molecule has 0 saturated carbocycles. The Morgan fingerprint density at radius 2 is 1.70 bits per heavy atom. The fraction of sp³-hybridized carbons (Fsp3) is 0.0625. The minimum Gasteiger partial charge on any atom is -0.433 e. The van der Waals surface area contributed by atoms with Crippen LogP contribution in [-0.4, -0.2) is 15.0 Å². The normalized spacial score (nSPS) is 11.2.